The summed E-state index contributed by atoms with van der Waals surface area (Å²) in [5, 5.41) is 3.68. The fourth-order valence-corrected chi connectivity index (χ4v) is 3.69. The normalized spacial score (nSPS) is 11.2. The number of aromatic nitrogens is 1. The molecule has 0 amide bonds. The second-order valence-corrected chi connectivity index (χ2v) is 6.82. The highest BCUT2D eigenvalue weighted by molar-refractivity contribution is 7.92. The van der Waals surface area contributed by atoms with Gasteiger partial charge in [-0.25, -0.2) is 8.42 Å². The van der Waals surface area contributed by atoms with Crippen LogP contribution in [0, 0.1) is 13.8 Å². The van der Waals surface area contributed by atoms with E-state index in [2.05, 4.69) is 9.88 Å². The van der Waals surface area contributed by atoms with Crippen LogP contribution in [0.25, 0.3) is 0 Å². The number of para-hydroxylation sites is 1. The van der Waals surface area contributed by atoms with Gasteiger partial charge in [-0.2, -0.15) is 0 Å². The maximum atomic E-state index is 12.5. The minimum Gasteiger partial charge on any atom is -0.457 e. The smallest absolute Gasteiger partial charge is 0.267 e. The van der Waals surface area contributed by atoms with Crippen LogP contribution in [-0.4, -0.2) is 13.6 Å². The summed E-state index contributed by atoms with van der Waals surface area (Å²) in [4.78, 5) is 0.0527. The second kappa shape index (κ2) is 6.37. The molecule has 0 aliphatic heterocycles. The lowest BCUT2D eigenvalue weighted by molar-refractivity contribution is 0.390. The Balaban J connectivity index is 1.85. The Morgan fingerprint density at radius 2 is 1.71 bits per heavy atom. The Morgan fingerprint density at radius 3 is 2.38 bits per heavy atom. The van der Waals surface area contributed by atoms with E-state index in [9.17, 15) is 8.42 Å². The predicted octanol–water partition coefficient (Wildman–Crippen LogP) is 3.88. The number of aryl methyl sites for hydroxylation is 2. The Bertz CT molecular complexity index is 930. The first-order chi connectivity index (χ1) is 11.5. The first kappa shape index (κ1) is 16.1. The molecule has 24 heavy (non-hydrogen) atoms. The molecule has 0 spiro atoms. The average molecular weight is 344 g/mol. The van der Waals surface area contributed by atoms with Gasteiger partial charge in [-0.3, -0.25) is 4.72 Å². The van der Waals surface area contributed by atoms with E-state index in [1.807, 2.05) is 30.3 Å². The van der Waals surface area contributed by atoms with Crippen molar-refractivity contribution in [2.75, 3.05) is 4.72 Å². The fraction of sp³-hybridized carbons (Fsp3) is 0.118. The Morgan fingerprint density at radius 1 is 1.00 bits per heavy atom. The van der Waals surface area contributed by atoms with Crippen molar-refractivity contribution in [2.24, 2.45) is 0 Å². The lowest BCUT2D eigenvalue weighted by Gasteiger charge is -2.10. The summed E-state index contributed by atoms with van der Waals surface area (Å²) in [6.07, 6.45) is 0. The first-order valence-corrected chi connectivity index (χ1v) is 8.73. The summed E-state index contributed by atoms with van der Waals surface area (Å²) in [6.45, 7) is 3.14. The summed E-state index contributed by atoms with van der Waals surface area (Å²) in [5.41, 5.74) is 0.708. The summed E-state index contributed by atoms with van der Waals surface area (Å²) in [6, 6.07) is 16.0. The summed E-state index contributed by atoms with van der Waals surface area (Å²) in [7, 11) is -3.78. The van der Waals surface area contributed by atoms with E-state index in [4.69, 9.17) is 9.26 Å². The van der Waals surface area contributed by atoms with Crippen LogP contribution >= 0.6 is 0 Å². The SMILES string of the molecule is Cc1noc(C)c1S(=O)(=O)Nc1cccc(Oc2ccccc2)c1. The number of ether oxygens (including phenoxy) is 1. The zero-order valence-corrected chi connectivity index (χ0v) is 14.0. The lowest BCUT2D eigenvalue weighted by atomic mass is 10.3. The summed E-state index contributed by atoms with van der Waals surface area (Å²) >= 11 is 0. The third-order valence-electron chi connectivity index (χ3n) is 3.30. The van der Waals surface area contributed by atoms with Crippen LogP contribution in [0.15, 0.2) is 64.0 Å². The van der Waals surface area contributed by atoms with Crippen molar-refractivity contribution in [1.29, 1.82) is 0 Å². The van der Waals surface area contributed by atoms with Crippen LogP contribution in [0.5, 0.6) is 11.5 Å². The molecule has 0 saturated carbocycles. The average Bonchev–Trinajstić information content (AvgIpc) is 2.88. The third-order valence-corrected chi connectivity index (χ3v) is 4.93. The number of nitrogens with zero attached hydrogens (tertiary/aromatic N) is 1. The zero-order chi connectivity index (χ0) is 17.2. The van der Waals surface area contributed by atoms with E-state index in [0.717, 1.165) is 0 Å². The molecule has 0 fully saturated rings. The van der Waals surface area contributed by atoms with E-state index in [-0.39, 0.29) is 10.7 Å². The molecule has 2 aromatic carbocycles. The maximum Gasteiger partial charge on any atom is 0.267 e. The number of hydrogen-bond donors (Lipinski definition) is 1. The molecule has 6 nitrogen and oxygen atoms in total. The highest BCUT2D eigenvalue weighted by atomic mass is 32.2. The zero-order valence-electron chi connectivity index (χ0n) is 13.2. The lowest BCUT2D eigenvalue weighted by Crippen LogP contribution is -2.14. The molecule has 0 bridgehead atoms. The Hall–Kier alpha value is -2.80. The van der Waals surface area contributed by atoms with Gasteiger partial charge in [-0.1, -0.05) is 29.4 Å². The third kappa shape index (κ3) is 3.41. The van der Waals surface area contributed by atoms with Crippen molar-refractivity contribution < 1.29 is 17.7 Å². The van der Waals surface area contributed by atoms with Crippen LogP contribution < -0.4 is 9.46 Å². The van der Waals surface area contributed by atoms with E-state index in [0.29, 0.717) is 22.9 Å². The van der Waals surface area contributed by atoms with Crippen molar-refractivity contribution in [3.05, 3.63) is 66.1 Å². The maximum absolute atomic E-state index is 12.5. The van der Waals surface area contributed by atoms with Crippen molar-refractivity contribution in [3.63, 3.8) is 0 Å². The van der Waals surface area contributed by atoms with E-state index in [1.165, 1.54) is 0 Å². The Labute approximate surface area is 140 Å². The first-order valence-electron chi connectivity index (χ1n) is 7.24. The largest absolute Gasteiger partial charge is 0.457 e. The molecule has 3 rings (SSSR count). The van der Waals surface area contributed by atoms with Gasteiger partial charge in [-0.15, -0.1) is 0 Å². The molecule has 7 heteroatoms. The van der Waals surface area contributed by atoms with E-state index < -0.39 is 10.0 Å². The van der Waals surface area contributed by atoms with Crippen molar-refractivity contribution in [3.8, 4) is 11.5 Å². The number of rotatable bonds is 5. The number of nitrogens with one attached hydrogen (secondary N) is 1. The van der Waals surface area contributed by atoms with Gasteiger partial charge in [0.25, 0.3) is 10.0 Å². The van der Waals surface area contributed by atoms with Crippen molar-refractivity contribution in [2.45, 2.75) is 18.7 Å². The fourth-order valence-electron chi connectivity index (χ4n) is 2.31. The van der Waals surface area contributed by atoms with Crippen LogP contribution in [0.4, 0.5) is 5.69 Å². The number of sulfonamides is 1. The molecule has 0 radical (unpaired) electrons. The minimum absolute atomic E-state index is 0.0527. The van der Waals surface area contributed by atoms with Gasteiger partial charge < -0.3 is 9.26 Å². The quantitative estimate of drug-likeness (QED) is 0.759. The molecule has 1 N–H and O–H groups in total. The number of anilines is 1. The van der Waals surface area contributed by atoms with Gasteiger partial charge in [0.1, 0.15) is 17.2 Å². The second-order valence-electron chi connectivity index (χ2n) is 5.20. The summed E-state index contributed by atoms with van der Waals surface area (Å²) in [5.74, 6) is 1.44. The van der Waals surface area contributed by atoms with Gasteiger partial charge in [0.05, 0.1) is 5.69 Å². The predicted molar refractivity (Wildman–Crippen MR) is 89.7 cm³/mol. The van der Waals surface area contributed by atoms with Crippen LogP contribution in [0.1, 0.15) is 11.5 Å². The molecule has 0 aliphatic carbocycles. The molecular formula is C17H16N2O4S. The summed E-state index contributed by atoms with van der Waals surface area (Å²) < 4.78 is 38.2. The molecule has 0 atom stereocenters. The molecule has 124 valence electrons. The standard InChI is InChI=1S/C17H16N2O4S/c1-12-17(13(2)23-18-12)24(20,21)19-14-7-6-10-16(11-14)22-15-8-4-3-5-9-15/h3-11,19H,1-2H3. The van der Waals surface area contributed by atoms with E-state index >= 15 is 0 Å². The number of hydrogen-bond acceptors (Lipinski definition) is 5. The highest BCUT2D eigenvalue weighted by Gasteiger charge is 2.24. The minimum atomic E-state index is -3.78. The number of benzene rings is 2. The van der Waals surface area contributed by atoms with Gasteiger partial charge >= 0.3 is 0 Å². The van der Waals surface area contributed by atoms with Gasteiger partial charge in [0.15, 0.2) is 10.7 Å². The van der Waals surface area contributed by atoms with E-state index in [1.54, 1.807) is 38.1 Å². The van der Waals surface area contributed by atoms with Crippen molar-refractivity contribution >= 4 is 15.7 Å². The topological polar surface area (TPSA) is 81.4 Å². The molecule has 0 unspecified atom stereocenters. The van der Waals surface area contributed by atoms with Crippen molar-refractivity contribution in [1.82, 2.24) is 5.16 Å². The molecule has 0 aliphatic rings. The molecular weight excluding hydrogens is 328 g/mol. The van der Waals surface area contributed by atoms with Gasteiger partial charge in [0, 0.05) is 6.07 Å². The Kier molecular flexibility index (Phi) is 4.26. The monoisotopic (exact) mass is 344 g/mol. The van der Waals surface area contributed by atoms with Crippen LogP contribution in [0.2, 0.25) is 0 Å². The molecule has 0 saturated heterocycles. The molecule has 1 aromatic heterocycles. The molecule has 1 heterocycles. The molecule has 3 aromatic rings. The van der Waals surface area contributed by atoms with Gasteiger partial charge in [-0.05, 0) is 38.1 Å². The van der Waals surface area contributed by atoms with Gasteiger partial charge in [0.2, 0.25) is 0 Å². The highest BCUT2D eigenvalue weighted by Crippen LogP contribution is 2.26. The van der Waals surface area contributed by atoms with Crippen LogP contribution in [-0.2, 0) is 10.0 Å². The van der Waals surface area contributed by atoms with Crippen LogP contribution in [0.3, 0.4) is 0 Å².